The van der Waals surface area contributed by atoms with Crippen molar-refractivity contribution in [3.8, 4) is 0 Å². The normalized spacial score (nSPS) is 31.1. The van der Waals surface area contributed by atoms with E-state index in [2.05, 4.69) is 19.0 Å². The van der Waals surface area contributed by atoms with Gasteiger partial charge in [-0.3, -0.25) is 0 Å². The molecule has 3 atom stereocenters. The first-order valence-electron chi connectivity index (χ1n) is 10.4. The van der Waals surface area contributed by atoms with E-state index in [4.69, 9.17) is 0 Å². The topological polar surface area (TPSA) is 3.24 Å². The first kappa shape index (κ1) is 25.7. The van der Waals surface area contributed by atoms with Gasteiger partial charge in [-0.15, -0.1) is 0 Å². The number of hydrogen-bond donors (Lipinski definition) is 0. The van der Waals surface area contributed by atoms with E-state index in [0.717, 1.165) is 29.6 Å². The zero-order chi connectivity index (χ0) is 15.4. The molecule has 2 heteroatoms. The van der Waals surface area contributed by atoms with Gasteiger partial charge in [0.1, 0.15) is 0 Å². The van der Waals surface area contributed by atoms with Crippen molar-refractivity contribution in [3.63, 3.8) is 0 Å². The van der Waals surface area contributed by atoms with Crippen LogP contribution in [-0.4, -0.2) is 25.5 Å². The van der Waals surface area contributed by atoms with Crippen molar-refractivity contribution in [3.05, 3.63) is 14.9 Å². The van der Waals surface area contributed by atoms with Gasteiger partial charge in [-0.05, 0) is 69.5 Å². The molecule has 0 bridgehead atoms. The summed E-state index contributed by atoms with van der Waals surface area (Å²) in [4.78, 5) is 2.41. The molecule has 3 rings (SSSR count). The standard InChI is InChI=1S/C21H39N.2CH3.Ti/c1-22(2)14-13-19-15-20(17-9-5-3-6-10-17)16-21(19)18-11-7-4-8-12-18;;;/h17-21H,3-16H2,1-2H3;2*1H3;/q;2*-1;+3. The Morgan fingerprint density at radius 1 is 0.680 bits per heavy atom. The number of hydrogen-bond acceptors (Lipinski definition) is 1. The van der Waals surface area contributed by atoms with Crippen molar-refractivity contribution in [2.75, 3.05) is 20.6 Å². The molecule has 0 aliphatic heterocycles. The fourth-order valence-electron chi connectivity index (χ4n) is 6.09. The molecular formula is C23H45NTi+. The van der Waals surface area contributed by atoms with Crippen molar-refractivity contribution in [2.45, 2.75) is 83.5 Å². The maximum atomic E-state index is 2.41. The summed E-state index contributed by atoms with van der Waals surface area (Å²) >= 11 is 0. The fourth-order valence-corrected chi connectivity index (χ4v) is 6.09. The van der Waals surface area contributed by atoms with Gasteiger partial charge in [0.15, 0.2) is 0 Å². The van der Waals surface area contributed by atoms with Gasteiger partial charge in [-0.25, -0.2) is 0 Å². The maximum absolute atomic E-state index is 2.41. The van der Waals surface area contributed by atoms with Gasteiger partial charge in [0.2, 0.25) is 0 Å². The van der Waals surface area contributed by atoms with Crippen LogP contribution in [0, 0.1) is 44.4 Å². The Morgan fingerprint density at radius 3 is 1.72 bits per heavy atom. The van der Waals surface area contributed by atoms with Gasteiger partial charge in [0.05, 0.1) is 0 Å². The average molecular weight is 383 g/mol. The van der Waals surface area contributed by atoms with Gasteiger partial charge in [0.25, 0.3) is 0 Å². The van der Waals surface area contributed by atoms with Crippen LogP contribution in [0.1, 0.15) is 83.5 Å². The molecule has 0 spiro atoms. The molecule has 145 valence electrons. The van der Waals surface area contributed by atoms with E-state index in [1.807, 2.05) is 0 Å². The summed E-state index contributed by atoms with van der Waals surface area (Å²) in [6.07, 6.45) is 20.0. The zero-order valence-electron chi connectivity index (χ0n) is 17.7. The molecule has 3 saturated carbocycles. The minimum absolute atomic E-state index is 0. The Hall–Kier alpha value is 0.674. The molecule has 0 aromatic rings. The second-order valence-electron chi connectivity index (χ2n) is 9.04. The molecule has 0 saturated heterocycles. The molecule has 0 N–H and O–H groups in total. The third-order valence-corrected chi connectivity index (χ3v) is 7.30. The van der Waals surface area contributed by atoms with Crippen LogP contribution in [-0.2, 0) is 21.7 Å². The van der Waals surface area contributed by atoms with E-state index < -0.39 is 0 Å². The molecular weight excluding hydrogens is 338 g/mol. The summed E-state index contributed by atoms with van der Waals surface area (Å²) < 4.78 is 0. The molecule has 3 fully saturated rings. The maximum Gasteiger partial charge on any atom is 3.00 e. The third kappa shape index (κ3) is 7.30. The van der Waals surface area contributed by atoms with Crippen molar-refractivity contribution in [2.24, 2.45) is 29.6 Å². The predicted octanol–water partition coefficient (Wildman–Crippen LogP) is 6.64. The minimum Gasteiger partial charge on any atom is -0.358 e. The summed E-state index contributed by atoms with van der Waals surface area (Å²) in [7, 11) is 4.51. The van der Waals surface area contributed by atoms with Crippen LogP contribution in [0.4, 0.5) is 0 Å². The van der Waals surface area contributed by atoms with Gasteiger partial charge >= 0.3 is 21.7 Å². The molecule has 25 heavy (non-hydrogen) atoms. The Balaban J connectivity index is 0.00000192. The predicted molar refractivity (Wildman–Crippen MR) is 109 cm³/mol. The summed E-state index contributed by atoms with van der Waals surface area (Å²) in [5, 5.41) is 0. The molecule has 1 radical (unpaired) electrons. The van der Waals surface area contributed by atoms with Gasteiger partial charge in [0, 0.05) is 0 Å². The minimum atomic E-state index is 0. The van der Waals surface area contributed by atoms with Crippen LogP contribution in [0.3, 0.4) is 0 Å². The summed E-state index contributed by atoms with van der Waals surface area (Å²) in [5.41, 5.74) is 0. The van der Waals surface area contributed by atoms with Crippen molar-refractivity contribution in [1.82, 2.24) is 4.90 Å². The van der Waals surface area contributed by atoms with E-state index >= 15 is 0 Å². The Kier molecular flexibility index (Phi) is 13.3. The summed E-state index contributed by atoms with van der Waals surface area (Å²) in [6, 6.07) is 0. The third-order valence-electron chi connectivity index (χ3n) is 7.30. The van der Waals surface area contributed by atoms with Crippen molar-refractivity contribution >= 4 is 0 Å². The quantitative estimate of drug-likeness (QED) is 0.380. The van der Waals surface area contributed by atoms with Crippen LogP contribution in [0.15, 0.2) is 0 Å². The SMILES string of the molecule is CN(C)CCC1CC(C2CCCCC2)CC1C1CCCCC1.[CH3-].[CH3-].[Ti+3]. The molecule has 0 aromatic carbocycles. The summed E-state index contributed by atoms with van der Waals surface area (Å²) in [6.45, 7) is 1.31. The van der Waals surface area contributed by atoms with E-state index in [9.17, 15) is 0 Å². The average Bonchev–Trinajstić information content (AvgIpc) is 2.99. The first-order chi connectivity index (χ1) is 10.7. The first-order valence-corrected chi connectivity index (χ1v) is 10.4. The van der Waals surface area contributed by atoms with Crippen molar-refractivity contribution in [1.29, 1.82) is 0 Å². The monoisotopic (exact) mass is 383 g/mol. The molecule has 1 nitrogen and oxygen atoms in total. The van der Waals surface area contributed by atoms with Crippen LogP contribution in [0.5, 0.6) is 0 Å². The molecule has 3 unspecified atom stereocenters. The molecule has 0 heterocycles. The number of rotatable bonds is 5. The van der Waals surface area contributed by atoms with E-state index in [0.29, 0.717) is 0 Å². The van der Waals surface area contributed by atoms with Crippen LogP contribution in [0.25, 0.3) is 0 Å². The van der Waals surface area contributed by atoms with Crippen LogP contribution in [0.2, 0.25) is 0 Å². The van der Waals surface area contributed by atoms with Gasteiger partial charge < -0.3 is 19.8 Å². The Bertz CT molecular complexity index is 318. The van der Waals surface area contributed by atoms with E-state index in [1.54, 1.807) is 38.5 Å². The second kappa shape index (κ2) is 13.0. The fraction of sp³-hybridized carbons (Fsp3) is 0.913. The van der Waals surface area contributed by atoms with Gasteiger partial charge in [-0.1, -0.05) is 64.2 Å². The van der Waals surface area contributed by atoms with Crippen LogP contribution >= 0.6 is 0 Å². The van der Waals surface area contributed by atoms with Crippen molar-refractivity contribution < 1.29 is 21.7 Å². The molecule has 0 aromatic heterocycles. The molecule has 0 amide bonds. The van der Waals surface area contributed by atoms with E-state index in [1.165, 1.54) is 51.5 Å². The molecule has 3 aliphatic rings. The van der Waals surface area contributed by atoms with E-state index in [-0.39, 0.29) is 36.6 Å². The Morgan fingerprint density at radius 2 is 1.20 bits per heavy atom. The summed E-state index contributed by atoms with van der Waals surface area (Å²) in [5.74, 6) is 5.43. The smallest absolute Gasteiger partial charge is 0.358 e. The molecule has 3 aliphatic carbocycles. The second-order valence-corrected chi connectivity index (χ2v) is 9.04. The largest absolute Gasteiger partial charge is 3.00 e. The zero-order valence-corrected chi connectivity index (χ0v) is 19.3. The Labute approximate surface area is 175 Å². The van der Waals surface area contributed by atoms with Gasteiger partial charge in [-0.2, -0.15) is 0 Å². The van der Waals surface area contributed by atoms with Crippen LogP contribution < -0.4 is 0 Å². The number of nitrogens with zero attached hydrogens (tertiary/aromatic N) is 1.